The van der Waals surface area contributed by atoms with Crippen LogP contribution < -0.4 is 10.1 Å². The van der Waals surface area contributed by atoms with E-state index < -0.39 is 0 Å². The molecule has 0 saturated carbocycles. The van der Waals surface area contributed by atoms with Gasteiger partial charge in [-0.05, 0) is 26.0 Å². The number of hydrogen-bond donors (Lipinski definition) is 1. The van der Waals surface area contributed by atoms with Crippen molar-refractivity contribution in [2.75, 3.05) is 13.7 Å². The molecule has 0 aliphatic carbocycles. The Morgan fingerprint density at radius 2 is 2.18 bits per heavy atom. The molecule has 7 heteroatoms. The van der Waals surface area contributed by atoms with E-state index in [1.807, 2.05) is 13.8 Å². The predicted molar refractivity (Wildman–Crippen MR) is 84.4 cm³/mol. The zero-order valence-electron chi connectivity index (χ0n) is 12.7. The fourth-order valence-electron chi connectivity index (χ4n) is 1.84. The molecular weight excluding hydrogens is 304 g/mol. The second kappa shape index (κ2) is 7.22. The van der Waals surface area contributed by atoms with Gasteiger partial charge in [0.05, 0.1) is 34.7 Å². The zero-order valence-corrected chi connectivity index (χ0v) is 13.5. The quantitative estimate of drug-likeness (QED) is 0.826. The van der Waals surface area contributed by atoms with Crippen molar-refractivity contribution in [3.63, 3.8) is 0 Å². The van der Waals surface area contributed by atoms with Crippen molar-refractivity contribution < 1.29 is 19.1 Å². The molecular formula is C15H18N2O4S. The Bertz CT molecular complexity index is 681. The van der Waals surface area contributed by atoms with E-state index in [0.29, 0.717) is 4.88 Å². The first-order chi connectivity index (χ1) is 10.5. The summed E-state index contributed by atoms with van der Waals surface area (Å²) in [6.45, 7) is 4.13. The molecule has 0 spiro atoms. The number of pyridine rings is 1. The SMILES string of the molecule is COC(=O)CCNC(=O)c1cc2nccc(OC(C)C)c2s1. The Labute approximate surface area is 132 Å². The minimum Gasteiger partial charge on any atom is -0.489 e. The monoisotopic (exact) mass is 322 g/mol. The van der Waals surface area contributed by atoms with Crippen LogP contribution in [-0.4, -0.2) is 36.6 Å². The summed E-state index contributed by atoms with van der Waals surface area (Å²) in [5.74, 6) is 0.131. The highest BCUT2D eigenvalue weighted by Gasteiger charge is 2.14. The maximum absolute atomic E-state index is 12.1. The summed E-state index contributed by atoms with van der Waals surface area (Å²) in [6, 6.07) is 3.51. The first-order valence-corrected chi connectivity index (χ1v) is 7.73. The van der Waals surface area contributed by atoms with Crippen LogP contribution in [0.1, 0.15) is 29.9 Å². The molecule has 1 N–H and O–H groups in total. The van der Waals surface area contributed by atoms with E-state index in [4.69, 9.17) is 4.74 Å². The lowest BCUT2D eigenvalue weighted by atomic mass is 10.3. The summed E-state index contributed by atoms with van der Waals surface area (Å²) >= 11 is 1.32. The second-order valence-electron chi connectivity index (χ2n) is 4.88. The summed E-state index contributed by atoms with van der Waals surface area (Å²) in [4.78, 5) is 27.9. The van der Waals surface area contributed by atoms with E-state index in [1.165, 1.54) is 18.4 Å². The van der Waals surface area contributed by atoms with Crippen molar-refractivity contribution in [2.45, 2.75) is 26.4 Å². The van der Waals surface area contributed by atoms with E-state index in [9.17, 15) is 9.59 Å². The Balaban J connectivity index is 2.11. The van der Waals surface area contributed by atoms with Crippen LogP contribution >= 0.6 is 11.3 Å². The van der Waals surface area contributed by atoms with Gasteiger partial charge in [0.1, 0.15) is 5.75 Å². The molecule has 6 nitrogen and oxygen atoms in total. The molecule has 2 aromatic rings. The van der Waals surface area contributed by atoms with E-state index in [-0.39, 0.29) is 30.9 Å². The third-order valence-electron chi connectivity index (χ3n) is 2.80. The Morgan fingerprint density at radius 3 is 2.86 bits per heavy atom. The number of nitrogens with one attached hydrogen (secondary N) is 1. The largest absolute Gasteiger partial charge is 0.489 e. The van der Waals surface area contributed by atoms with Crippen LogP contribution in [0.2, 0.25) is 0 Å². The first-order valence-electron chi connectivity index (χ1n) is 6.91. The van der Waals surface area contributed by atoms with Gasteiger partial charge in [0.2, 0.25) is 0 Å². The first kappa shape index (κ1) is 16.2. The number of carbonyl (C=O) groups is 2. The van der Waals surface area contributed by atoms with Crippen LogP contribution in [0, 0.1) is 0 Å². The molecule has 2 aromatic heterocycles. The van der Waals surface area contributed by atoms with Gasteiger partial charge in [0.15, 0.2) is 0 Å². The van der Waals surface area contributed by atoms with Crippen LogP contribution in [0.25, 0.3) is 10.2 Å². The number of amides is 1. The van der Waals surface area contributed by atoms with Crippen molar-refractivity contribution in [1.82, 2.24) is 10.3 Å². The van der Waals surface area contributed by atoms with Crippen LogP contribution in [0.4, 0.5) is 0 Å². The predicted octanol–water partition coefficient (Wildman–Crippen LogP) is 2.38. The van der Waals surface area contributed by atoms with Crippen molar-refractivity contribution >= 4 is 33.4 Å². The van der Waals surface area contributed by atoms with E-state index in [2.05, 4.69) is 15.0 Å². The maximum atomic E-state index is 12.1. The lowest BCUT2D eigenvalue weighted by Gasteiger charge is -2.09. The standard InChI is InChI=1S/C15H18N2O4S/c1-9(2)21-11-4-6-16-10-8-12(22-14(10)11)15(19)17-7-5-13(18)20-3/h4,6,8-9H,5,7H2,1-3H3,(H,17,19). The van der Waals surface area contributed by atoms with Crippen molar-refractivity contribution in [2.24, 2.45) is 0 Å². The molecule has 0 aliphatic heterocycles. The fraction of sp³-hybridized carbons (Fsp3) is 0.400. The van der Waals surface area contributed by atoms with Gasteiger partial charge in [0, 0.05) is 12.7 Å². The normalized spacial score (nSPS) is 10.7. The number of rotatable bonds is 6. The Morgan fingerprint density at radius 1 is 1.41 bits per heavy atom. The van der Waals surface area contributed by atoms with Crippen LogP contribution in [0.15, 0.2) is 18.3 Å². The highest BCUT2D eigenvalue weighted by atomic mass is 32.1. The van der Waals surface area contributed by atoms with Crippen LogP contribution in [-0.2, 0) is 9.53 Å². The number of carbonyl (C=O) groups excluding carboxylic acids is 2. The number of hydrogen-bond acceptors (Lipinski definition) is 6. The molecule has 0 aromatic carbocycles. The fourth-order valence-corrected chi connectivity index (χ4v) is 2.83. The van der Waals surface area contributed by atoms with Crippen molar-refractivity contribution in [3.05, 3.63) is 23.2 Å². The average molecular weight is 322 g/mol. The summed E-state index contributed by atoms with van der Waals surface area (Å²) in [5, 5.41) is 2.69. The van der Waals surface area contributed by atoms with Crippen LogP contribution in [0.5, 0.6) is 5.75 Å². The average Bonchev–Trinajstić information content (AvgIpc) is 2.91. The molecule has 1 amide bonds. The lowest BCUT2D eigenvalue weighted by Crippen LogP contribution is -2.25. The van der Waals surface area contributed by atoms with Gasteiger partial charge in [-0.3, -0.25) is 14.6 Å². The minimum absolute atomic E-state index is 0.0463. The topological polar surface area (TPSA) is 77.5 Å². The Hall–Kier alpha value is -2.15. The summed E-state index contributed by atoms with van der Waals surface area (Å²) in [6.07, 6.45) is 1.85. The Kier molecular flexibility index (Phi) is 5.32. The molecule has 0 aliphatic rings. The number of esters is 1. The van der Waals surface area contributed by atoms with E-state index in [0.717, 1.165) is 16.0 Å². The van der Waals surface area contributed by atoms with Gasteiger partial charge >= 0.3 is 5.97 Å². The number of nitrogens with zero attached hydrogens (tertiary/aromatic N) is 1. The molecule has 2 heterocycles. The van der Waals surface area contributed by atoms with Gasteiger partial charge in [0.25, 0.3) is 5.91 Å². The maximum Gasteiger partial charge on any atom is 0.307 e. The molecule has 0 saturated heterocycles. The number of fused-ring (bicyclic) bond motifs is 1. The lowest BCUT2D eigenvalue weighted by molar-refractivity contribution is -0.140. The van der Waals surface area contributed by atoms with Crippen molar-refractivity contribution in [3.8, 4) is 5.75 Å². The zero-order chi connectivity index (χ0) is 16.1. The number of aromatic nitrogens is 1. The minimum atomic E-state index is -0.356. The number of methoxy groups -OCH3 is 1. The van der Waals surface area contributed by atoms with E-state index in [1.54, 1.807) is 18.3 Å². The highest BCUT2D eigenvalue weighted by Crippen LogP contribution is 2.32. The molecule has 0 atom stereocenters. The number of thiophene rings is 1. The molecule has 22 heavy (non-hydrogen) atoms. The van der Waals surface area contributed by atoms with Gasteiger partial charge in [-0.2, -0.15) is 0 Å². The number of ether oxygens (including phenoxy) is 2. The van der Waals surface area contributed by atoms with Gasteiger partial charge in [-0.25, -0.2) is 0 Å². The van der Waals surface area contributed by atoms with Crippen LogP contribution in [0.3, 0.4) is 0 Å². The third kappa shape index (κ3) is 3.94. The third-order valence-corrected chi connectivity index (χ3v) is 3.94. The summed E-state index contributed by atoms with van der Waals surface area (Å²) < 4.78 is 11.1. The highest BCUT2D eigenvalue weighted by molar-refractivity contribution is 7.21. The molecule has 0 fully saturated rings. The van der Waals surface area contributed by atoms with Gasteiger partial charge in [-0.15, -0.1) is 11.3 Å². The van der Waals surface area contributed by atoms with E-state index >= 15 is 0 Å². The molecule has 0 radical (unpaired) electrons. The van der Waals surface area contributed by atoms with Gasteiger partial charge < -0.3 is 14.8 Å². The smallest absolute Gasteiger partial charge is 0.307 e. The molecule has 0 bridgehead atoms. The summed E-state index contributed by atoms with van der Waals surface area (Å²) in [7, 11) is 1.32. The second-order valence-corrected chi connectivity index (χ2v) is 5.93. The van der Waals surface area contributed by atoms with Crippen molar-refractivity contribution in [1.29, 1.82) is 0 Å². The molecule has 2 rings (SSSR count). The van der Waals surface area contributed by atoms with Gasteiger partial charge in [-0.1, -0.05) is 0 Å². The molecule has 0 unspecified atom stereocenters. The summed E-state index contributed by atoms with van der Waals surface area (Å²) in [5.41, 5.74) is 0.723. The molecule has 118 valence electrons.